The molecule has 0 aliphatic carbocycles. The number of amides is 1. The Morgan fingerprint density at radius 2 is 1.74 bits per heavy atom. The Hall–Kier alpha value is -2.59. The van der Waals surface area contributed by atoms with Gasteiger partial charge in [-0.15, -0.1) is 0 Å². The van der Waals surface area contributed by atoms with Gasteiger partial charge in [-0.05, 0) is 54.7 Å². The fourth-order valence-corrected chi connectivity index (χ4v) is 2.70. The average Bonchev–Trinajstić information content (AvgIpc) is 2.62. The van der Waals surface area contributed by atoms with E-state index in [1.165, 1.54) is 6.08 Å². The van der Waals surface area contributed by atoms with Gasteiger partial charge >= 0.3 is 5.97 Å². The highest BCUT2D eigenvalue weighted by molar-refractivity contribution is 6.30. The molecular formula is C22H24ClNO3. The molecule has 142 valence electrons. The molecule has 2 aromatic rings. The smallest absolute Gasteiger partial charge is 0.331 e. The summed E-state index contributed by atoms with van der Waals surface area (Å²) in [5, 5.41) is 3.51. The summed E-state index contributed by atoms with van der Waals surface area (Å²) >= 11 is 5.83. The summed E-state index contributed by atoms with van der Waals surface area (Å²) in [6.07, 6.45) is 1.99. The number of hydrogen-bond donors (Lipinski definition) is 1. The molecule has 5 heteroatoms. The monoisotopic (exact) mass is 385 g/mol. The lowest BCUT2D eigenvalue weighted by Crippen LogP contribution is -2.30. The van der Waals surface area contributed by atoms with Crippen molar-refractivity contribution < 1.29 is 14.3 Å². The van der Waals surface area contributed by atoms with Crippen LogP contribution in [0, 0.1) is 6.92 Å². The van der Waals surface area contributed by atoms with Gasteiger partial charge in [-0.25, -0.2) is 4.79 Å². The highest BCUT2D eigenvalue weighted by Gasteiger charge is 2.19. The van der Waals surface area contributed by atoms with Crippen molar-refractivity contribution in [2.24, 2.45) is 0 Å². The van der Waals surface area contributed by atoms with Crippen molar-refractivity contribution in [2.75, 3.05) is 5.32 Å². The molecule has 0 saturated heterocycles. The highest BCUT2D eigenvalue weighted by Crippen LogP contribution is 2.27. The Balaban J connectivity index is 1.99. The van der Waals surface area contributed by atoms with Gasteiger partial charge in [0.25, 0.3) is 5.91 Å². The molecule has 0 unspecified atom stereocenters. The third-order valence-corrected chi connectivity index (χ3v) is 4.37. The van der Waals surface area contributed by atoms with Crippen molar-refractivity contribution in [3.05, 3.63) is 70.3 Å². The van der Waals surface area contributed by atoms with Crippen LogP contribution in [0.5, 0.6) is 0 Å². The number of para-hydroxylation sites is 1. The standard InChI is InChI=1S/C22H24ClNO3/c1-14(2)19-7-5-6-15(3)21(19)24-22(26)16(4)27-20(25)13-10-17-8-11-18(23)12-9-17/h5-14,16H,1-4H3,(H,24,26)/b13-10+/t16-/m0/s1. The molecule has 0 fully saturated rings. The molecule has 0 aliphatic rings. The van der Waals surface area contributed by atoms with Crippen molar-refractivity contribution in [1.29, 1.82) is 0 Å². The van der Waals surface area contributed by atoms with E-state index in [1.54, 1.807) is 37.3 Å². The van der Waals surface area contributed by atoms with Crippen LogP contribution in [-0.4, -0.2) is 18.0 Å². The predicted molar refractivity (Wildman–Crippen MR) is 110 cm³/mol. The van der Waals surface area contributed by atoms with E-state index >= 15 is 0 Å². The maximum atomic E-state index is 12.5. The van der Waals surface area contributed by atoms with Gasteiger partial charge in [-0.1, -0.05) is 55.8 Å². The molecule has 4 nitrogen and oxygen atoms in total. The van der Waals surface area contributed by atoms with Crippen LogP contribution in [0.2, 0.25) is 5.02 Å². The summed E-state index contributed by atoms with van der Waals surface area (Å²) in [4.78, 5) is 24.4. The van der Waals surface area contributed by atoms with Gasteiger partial charge in [0.1, 0.15) is 0 Å². The minimum Gasteiger partial charge on any atom is -0.449 e. The molecule has 2 rings (SSSR count). The van der Waals surface area contributed by atoms with Gasteiger partial charge in [-0.2, -0.15) is 0 Å². The SMILES string of the molecule is Cc1cccc(C(C)C)c1NC(=O)[C@H](C)OC(=O)/C=C/c1ccc(Cl)cc1. The summed E-state index contributed by atoms with van der Waals surface area (Å²) in [5.41, 5.74) is 3.60. The largest absolute Gasteiger partial charge is 0.449 e. The van der Waals surface area contributed by atoms with Gasteiger partial charge in [0.05, 0.1) is 0 Å². The Bertz CT molecular complexity index is 841. The Kier molecular flexibility index (Phi) is 7.19. The van der Waals surface area contributed by atoms with Crippen LogP contribution >= 0.6 is 11.6 Å². The predicted octanol–water partition coefficient (Wildman–Crippen LogP) is 5.36. The molecule has 1 N–H and O–H groups in total. The molecule has 0 saturated carbocycles. The van der Waals surface area contributed by atoms with Crippen molar-refractivity contribution >= 4 is 35.2 Å². The van der Waals surface area contributed by atoms with Gasteiger partial charge in [0.15, 0.2) is 6.10 Å². The normalized spacial score (nSPS) is 12.2. The number of esters is 1. The molecular weight excluding hydrogens is 362 g/mol. The molecule has 0 radical (unpaired) electrons. The maximum Gasteiger partial charge on any atom is 0.331 e. The second-order valence-electron chi connectivity index (χ2n) is 6.65. The van der Waals surface area contributed by atoms with E-state index in [2.05, 4.69) is 19.2 Å². The maximum absolute atomic E-state index is 12.5. The van der Waals surface area contributed by atoms with E-state index in [9.17, 15) is 9.59 Å². The van der Waals surface area contributed by atoms with Crippen LogP contribution in [0.15, 0.2) is 48.5 Å². The summed E-state index contributed by atoms with van der Waals surface area (Å²) in [7, 11) is 0. The number of halogens is 1. The lowest BCUT2D eigenvalue weighted by molar-refractivity contribution is -0.148. The number of ether oxygens (including phenoxy) is 1. The molecule has 2 aromatic carbocycles. The molecule has 1 atom stereocenters. The zero-order valence-electron chi connectivity index (χ0n) is 16.0. The quantitative estimate of drug-likeness (QED) is 0.538. The molecule has 0 spiro atoms. The minimum atomic E-state index is -0.910. The first kappa shape index (κ1) is 20.7. The summed E-state index contributed by atoms with van der Waals surface area (Å²) in [5.74, 6) is -0.679. The zero-order valence-corrected chi connectivity index (χ0v) is 16.7. The third-order valence-electron chi connectivity index (χ3n) is 4.12. The number of benzene rings is 2. The third kappa shape index (κ3) is 5.97. The van der Waals surface area contributed by atoms with Crippen molar-refractivity contribution in [1.82, 2.24) is 0 Å². The highest BCUT2D eigenvalue weighted by atomic mass is 35.5. The molecule has 0 heterocycles. The fraction of sp³-hybridized carbons (Fsp3) is 0.273. The number of hydrogen-bond acceptors (Lipinski definition) is 3. The van der Waals surface area contributed by atoms with Gasteiger partial charge < -0.3 is 10.1 Å². The number of carbonyl (C=O) groups excluding carboxylic acids is 2. The van der Waals surface area contributed by atoms with Crippen molar-refractivity contribution in [2.45, 2.75) is 39.7 Å². The first-order chi connectivity index (χ1) is 12.8. The Morgan fingerprint density at radius 3 is 2.37 bits per heavy atom. The second-order valence-corrected chi connectivity index (χ2v) is 7.08. The lowest BCUT2D eigenvalue weighted by atomic mass is 9.98. The van der Waals surface area contributed by atoms with Crippen LogP contribution in [0.25, 0.3) is 6.08 Å². The fourth-order valence-electron chi connectivity index (χ4n) is 2.57. The number of aryl methyl sites for hydroxylation is 1. The molecule has 1 amide bonds. The van der Waals surface area contributed by atoms with Gasteiger partial charge in [0, 0.05) is 16.8 Å². The first-order valence-corrected chi connectivity index (χ1v) is 9.20. The molecule has 27 heavy (non-hydrogen) atoms. The Morgan fingerprint density at radius 1 is 1.07 bits per heavy atom. The van der Waals surface area contributed by atoms with E-state index in [1.807, 2.05) is 25.1 Å². The van der Waals surface area contributed by atoms with E-state index < -0.39 is 12.1 Å². The van der Waals surface area contributed by atoms with Crippen LogP contribution < -0.4 is 5.32 Å². The van der Waals surface area contributed by atoms with E-state index in [-0.39, 0.29) is 11.8 Å². The number of rotatable bonds is 6. The topological polar surface area (TPSA) is 55.4 Å². The van der Waals surface area contributed by atoms with Gasteiger partial charge in [-0.3, -0.25) is 4.79 Å². The molecule has 0 aromatic heterocycles. The summed E-state index contributed by atoms with van der Waals surface area (Å²) in [6.45, 7) is 7.62. The molecule has 0 aliphatic heterocycles. The minimum absolute atomic E-state index is 0.264. The number of carbonyl (C=O) groups is 2. The van der Waals surface area contributed by atoms with E-state index in [0.29, 0.717) is 5.02 Å². The summed E-state index contributed by atoms with van der Waals surface area (Å²) < 4.78 is 5.21. The Labute approximate surface area is 165 Å². The van der Waals surface area contributed by atoms with Crippen molar-refractivity contribution in [3.8, 4) is 0 Å². The van der Waals surface area contributed by atoms with E-state index in [0.717, 1.165) is 22.4 Å². The second kappa shape index (κ2) is 9.38. The van der Waals surface area contributed by atoms with Crippen LogP contribution in [-0.2, 0) is 14.3 Å². The lowest BCUT2D eigenvalue weighted by Gasteiger charge is -2.18. The van der Waals surface area contributed by atoms with Crippen LogP contribution in [0.3, 0.4) is 0 Å². The number of anilines is 1. The number of nitrogens with one attached hydrogen (secondary N) is 1. The summed E-state index contributed by atoms with van der Waals surface area (Å²) in [6, 6.07) is 12.9. The first-order valence-electron chi connectivity index (χ1n) is 8.82. The van der Waals surface area contributed by atoms with Crippen molar-refractivity contribution in [3.63, 3.8) is 0 Å². The zero-order chi connectivity index (χ0) is 20.0. The van der Waals surface area contributed by atoms with Crippen LogP contribution in [0.4, 0.5) is 5.69 Å². The van der Waals surface area contributed by atoms with Crippen LogP contribution in [0.1, 0.15) is 43.4 Å². The molecule has 0 bridgehead atoms. The average molecular weight is 386 g/mol. The van der Waals surface area contributed by atoms with Gasteiger partial charge in [0.2, 0.25) is 0 Å². The van der Waals surface area contributed by atoms with E-state index in [4.69, 9.17) is 16.3 Å².